The third-order valence-electron chi connectivity index (χ3n) is 3.83. The highest BCUT2D eigenvalue weighted by Crippen LogP contribution is 2.38. The second-order valence-corrected chi connectivity index (χ2v) is 5.50. The van der Waals surface area contributed by atoms with Crippen LogP contribution in [0.3, 0.4) is 0 Å². The standard InChI is InChI=1S/C20H21NO7/c1-25-14-7-5-12(6-8-14)9-15(20(23)24)21-19(22)13-10-16(26-2)18(28-4)17(11-13)27-3/h5-11H,1-4H3,(H,21,22)(H,23,24)/b15-9-. The van der Waals surface area contributed by atoms with E-state index in [4.69, 9.17) is 18.9 Å². The molecular formula is C20H21NO7. The lowest BCUT2D eigenvalue weighted by molar-refractivity contribution is -0.132. The molecule has 0 saturated carbocycles. The van der Waals surface area contributed by atoms with Gasteiger partial charge >= 0.3 is 5.97 Å². The van der Waals surface area contributed by atoms with Crippen LogP contribution in [0.4, 0.5) is 0 Å². The van der Waals surface area contributed by atoms with Crippen molar-refractivity contribution in [3.05, 3.63) is 53.2 Å². The van der Waals surface area contributed by atoms with E-state index in [9.17, 15) is 14.7 Å². The number of aliphatic carboxylic acids is 1. The minimum atomic E-state index is -1.28. The van der Waals surface area contributed by atoms with Crippen LogP contribution in [0.2, 0.25) is 0 Å². The zero-order chi connectivity index (χ0) is 20.7. The number of carbonyl (C=O) groups is 2. The zero-order valence-electron chi connectivity index (χ0n) is 15.9. The maximum atomic E-state index is 12.6. The van der Waals surface area contributed by atoms with Crippen LogP contribution in [-0.4, -0.2) is 45.4 Å². The highest BCUT2D eigenvalue weighted by atomic mass is 16.5. The van der Waals surface area contributed by atoms with Gasteiger partial charge in [-0.25, -0.2) is 4.79 Å². The first-order chi connectivity index (χ1) is 13.4. The lowest BCUT2D eigenvalue weighted by Gasteiger charge is -2.14. The van der Waals surface area contributed by atoms with Crippen LogP contribution in [0.15, 0.2) is 42.1 Å². The van der Waals surface area contributed by atoms with Gasteiger partial charge in [0.15, 0.2) is 11.5 Å². The summed E-state index contributed by atoms with van der Waals surface area (Å²) in [7, 11) is 5.82. The normalized spacial score (nSPS) is 10.8. The molecular weight excluding hydrogens is 366 g/mol. The molecule has 0 bridgehead atoms. The van der Waals surface area contributed by atoms with Crippen LogP contribution in [0.25, 0.3) is 6.08 Å². The molecule has 0 heterocycles. The van der Waals surface area contributed by atoms with E-state index in [-0.39, 0.29) is 22.8 Å². The van der Waals surface area contributed by atoms with Gasteiger partial charge in [-0.3, -0.25) is 4.79 Å². The molecule has 148 valence electrons. The molecule has 2 rings (SSSR count). The van der Waals surface area contributed by atoms with Crippen LogP contribution >= 0.6 is 0 Å². The number of ether oxygens (including phenoxy) is 4. The Morgan fingerprint density at radius 2 is 1.46 bits per heavy atom. The first kappa shape index (κ1) is 20.6. The highest BCUT2D eigenvalue weighted by Gasteiger charge is 2.19. The first-order valence-electron chi connectivity index (χ1n) is 8.13. The molecule has 2 aromatic rings. The summed E-state index contributed by atoms with van der Waals surface area (Å²) in [5.74, 6) is -0.395. The van der Waals surface area contributed by atoms with E-state index in [1.165, 1.54) is 46.6 Å². The second-order valence-electron chi connectivity index (χ2n) is 5.50. The number of carboxylic acid groups (broad SMARTS) is 1. The van der Waals surface area contributed by atoms with Crippen molar-refractivity contribution in [3.8, 4) is 23.0 Å². The summed E-state index contributed by atoms with van der Waals surface area (Å²) in [5, 5.41) is 11.8. The average Bonchev–Trinajstić information content (AvgIpc) is 2.72. The number of nitrogens with one attached hydrogen (secondary N) is 1. The first-order valence-corrected chi connectivity index (χ1v) is 8.13. The number of methoxy groups -OCH3 is 4. The predicted molar refractivity (Wildman–Crippen MR) is 102 cm³/mol. The van der Waals surface area contributed by atoms with Crippen molar-refractivity contribution in [1.82, 2.24) is 5.32 Å². The van der Waals surface area contributed by atoms with Gasteiger partial charge in [0.1, 0.15) is 11.4 Å². The van der Waals surface area contributed by atoms with Gasteiger partial charge in [-0.1, -0.05) is 12.1 Å². The number of carboxylic acids is 1. The Balaban J connectivity index is 2.34. The number of hydrogen-bond acceptors (Lipinski definition) is 6. The zero-order valence-corrected chi connectivity index (χ0v) is 15.9. The Bertz CT molecular complexity index is 863. The Morgan fingerprint density at radius 3 is 1.89 bits per heavy atom. The fourth-order valence-electron chi connectivity index (χ4n) is 2.42. The van der Waals surface area contributed by atoms with Crippen LogP contribution in [0, 0.1) is 0 Å². The SMILES string of the molecule is COc1ccc(/C=C(\NC(=O)c2cc(OC)c(OC)c(OC)c2)C(=O)O)cc1. The van der Waals surface area contributed by atoms with Gasteiger partial charge in [-0.05, 0) is 35.9 Å². The molecule has 0 fully saturated rings. The number of benzene rings is 2. The monoisotopic (exact) mass is 387 g/mol. The van der Waals surface area contributed by atoms with Gasteiger partial charge in [-0.15, -0.1) is 0 Å². The summed E-state index contributed by atoms with van der Waals surface area (Å²) in [6, 6.07) is 9.59. The topological polar surface area (TPSA) is 103 Å². The summed E-state index contributed by atoms with van der Waals surface area (Å²) < 4.78 is 20.7. The maximum absolute atomic E-state index is 12.6. The quantitative estimate of drug-likeness (QED) is 0.671. The highest BCUT2D eigenvalue weighted by molar-refractivity contribution is 6.03. The summed E-state index contributed by atoms with van der Waals surface area (Å²) in [5.41, 5.74) is 0.448. The van der Waals surface area contributed by atoms with Gasteiger partial charge in [0.05, 0.1) is 28.4 Å². The average molecular weight is 387 g/mol. The van der Waals surface area contributed by atoms with E-state index in [0.717, 1.165) is 0 Å². The second kappa shape index (κ2) is 9.31. The van der Waals surface area contributed by atoms with Crippen LogP contribution < -0.4 is 24.3 Å². The van der Waals surface area contributed by atoms with E-state index < -0.39 is 11.9 Å². The van der Waals surface area contributed by atoms with Crippen molar-refractivity contribution in [2.75, 3.05) is 28.4 Å². The molecule has 0 aromatic heterocycles. The number of carbonyl (C=O) groups excluding carboxylic acids is 1. The molecule has 8 nitrogen and oxygen atoms in total. The Morgan fingerprint density at radius 1 is 0.893 bits per heavy atom. The molecule has 8 heteroatoms. The molecule has 1 amide bonds. The van der Waals surface area contributed by atoms with E-state index in [1.807, 2.05) is 0 Å². The van der Waals surface area contributed by atoms with Crippen molar-refractivity contribution >= 4 is 18.0 Å². The summed E-state index contributed by atoms with van der Waals surface area (Å²) in [6.45, 7) is 0. The van der Waals surface area contributed by atoms with Crippen molar-refractivity contribution in [1.29, 1.82) is 0 Å². The Hall–Kier alpha value is -3.68. The molecule has 0 aliphatic rings. The molecule has 0 spiro atoms. The minimum Gasteiger partial charge on any atom is -0.497 e. The largest absolute Gasteiger partial charge is 0.497 e. The number of amides is 1. The summed E-state index contributed by atoms with van der Waals surface area (Å²) in [6.07, 6.45) is 1.34. The van der Waals surface area contributed by atoms with Gasteiger partial charge in [0.2, 0.25) is 5.75 Å². The van der Waals surface area contributed by atoms with Gasteiger partial charge in [0.25, 0.3) is 5.91 Å². The van der Waals surface area contributed by atoms with Crippen LogP contribution in [0.1, 0.15) is 15.9 Å². The van der Waals surface area contributed by atoms with E-state index in [0.29, 0.717) is 17.1 Å². The third-order valence-corrected chi connectivity index (χ3v) is 3.83. The van der Waals surface area contributed by atoms with Crippen molar-refractivity contribution < 1.29 is 33.6 Å². The molecule has 0 atom stereocenters. The summed E-state index contributed by atoms with van der Waals surface area (Å²) in [4.78, 5) is 24.2. The molecule has 0 aliphatic carbocycles. The Kier molecular flexibility index (Phi) is 6.86. The molecule has 2 N–H and O–H groups in total. The third kappa shape index (κ3) is 4.73. The molecule has 28 heavy (non-hydrogen) atoms. The lowest BCUT2D eigenvalue weighted by Crippen LogP contribution is -2.27. The summed E-state index contributed by atoms with van der Waals surface area (Å²) >= 11 is 0. The van der Waals surface area contributed by atoms with Crippen molar-refractivity contribution in [2.24, 2.45) is 0 Å². The van der Waals surface area contributed by atoms with Gasteiger partial charge in [-0.2, -0.15) is 0 Å². The van der Waals surface area contributed by atoms with E-state index >= 15 is 0 Å². The lowest BCUT2D eigenvalue weighted by atomic mass is 10.1. The molecule has 2 aromatic carbocycles. The fraction of sp³-hybridized carbons (Fsp3) is 0.200. The molecule has 0 saturated heterocycles. The number of rotatable bonds is 8. The maximum Gasteiger partial charge on any atom is 0.352 e. The van der Waals surface area contributed by atoms with Crippen molar-refractivity contribution in [2.45, 2.75) is 0 Å². The fourth-order valence-corrected chi connectivity index (χ4v) is 2.42. The van der Waals surface area contributed by atoms with Crippen LogP contribution in [0.5, 0.6) is 23.0 Å². The molecule has 0 aliphatic heterocycles. The minimum absolute atomic E-state index is 0.149. The van der Waals surface area contributed by atoms with E-state index in [1.54, 1.807) is 24.3 Å². The van der Waals surface area contributed by atoms with Gasteiger partial charge in [0, 0.05) is 5.56 Å². The Labute approximate surface area is 162 Å². The number of hydrogen-bond donors (Lipinski definition) is 2. The molecule has 0 unspecified atom stereocenters. The smallest absolute Gasteiger partial charge is 0.352 e. The van der Waals surface area contributed by atoms with Crippen LogP contribution in [-0.2, 0) is 4.79 Å². The molecule has 0 radical (unpaired) electrons. The van der Waals surface area contributed by atoms with Gasteiger partial charge < -0.3 is 29.4 Å². The van der Waals surface area contributed by atoms with Crippen molar-refractivity contribution in [3.63, 3.8) is 0 Å². The predicted octanol–water partition coefficient (Wildman–Crippen LogP) is 2.58. The van der Waals surface area contributed by atoms with E-state index in [2.05, 4.69) is 5.32 Å².